The van der Waals surface area contributed by atoms with Crippen LogP contribution in [0.5, 0.6) is 0 Å². The molecule has 27 heavy (non-hydrogen) atoms. The monoisotopic (exact) mass is 374 g/mol. The summed E-state index contributed by atoms with van der Waals surface area (Å²) in [6, 6.07) is 6.21. The van der Waals surface area contributed by atoms with E-state index < -0.39 is 18.1 Å². The Labute approximate surface area is 155 Å². The number of cyclic esters (lactones) is 1. The highest BCUT2D eigenvalue weighted by atomic mass is 19.1. The molecule has 2 heterocycles. The molecule has 0 saturated carbocycles. The summed E-state index contributed by atoms with van der Waals surface area (Å²) in [5.74, 6) is -0.730. The van der Waals surface area contributed by atoms with Gasteiger partial charge in [-0.1, -0.05) is 5.16 Å². The van der Waals surface area contributed by atoms with Crippen LogP contribution < -0.4 is 4.90 Å². The fourth-order valence-corrected chi connectivity index (χ4v) is 2.69. The number of halogens is 1. The van der Waals surface area contributed by atoms with Crippen molar-refractivity contribution in [1.29, 1.82) is 0 Å². The van der Waals surface area contributed by atoms with Crippen molar-refractivity contribution < 1.29 is 23.6 Å². The minimum Gasteiger partial charge on any atom is -0.423 e. The van der Waals surface area contributed by atoms with Crippen molar-refractivity contribution in [3.05, 3.63) is 48.0 Å². The van der Waals surface area contributed by atoms with Gasteiger partial charge in [0.05, 0.1) is 24.1 Å². The molecule has 1 fully saturated rings. The van der Waals surface area contributed by atoms with Crippen LogP contribution in [0.2, 0.25) is 0 Å². The highest BCUT2D eigenvalue weighted by Gasteiger charge is 2.36. The number of nitrogens with zero attached hydrogens (tertiary/aromatic N) is 4. The SMILES string of the molecule is CON=Cc1ccn(-c2ccc(N3CC(N(C)C(C)=O)OC3=O)cc2F)c1. The smallest absolute Gasteiger partial charge is 0.416 e. The van der Waals surface area contributed by atoms with Gasteiger partial charge in [0, 0.05) is 31.9 Å². The van der Waals surface area contributed by atoms with Crippen LogP contribution in [0.3, 0.4) is 0 Å². The molecule has 1 aliphatic heterocycles. The van der Waals surface area contributed by atoms with Gasteiger partial charge in [-0.2, -0.15) is 0 Å². The number of anilines is 1. The summed E-state index contributed by atoms with van der Waals surface area (Å²) < 4.78 is 21.4. The van der Waals surface area contributed by atoms with E-state index in [0.717, 1.165) is 5.56 Å². The Hall–Kier alpha value is -3.36. The lowest BCUT2D eigenvalue weighted by Gasteiger charge is -2.20. The number of aromatic nitrogens is 1. The van der Waals surface area contributed by atoms with Gasteiger partial charge < -0.3 is 19.0 Å². The molecule has 8 nitrogen and oxygen atoms in total. The van der Waals surface area contributed by atoms with E-state index in [4.69, 9.17) is 4.74 Å². The van der Waals surface area contributed by atoms with Crippen molar-refractivity contribution in [2.75, 3.05) is 25.6 Å². The van der Waals surface area contributed by atoms with Gasteiger partial charge in [0.1, 0.15) is 12.9 Å². The quantitative estimate of drug-likeness (QED) is 0.595. The summed E-state index contributed by atoms with van der Waals surface area (Å²) in [7, 11) is 2.98. The highest BCUT2D eigenvalue weighted by Crippen LogP contribution is 2.26. The van der Waals surface area contributed by atoms with Crippen LogP contribution in [0.1, 0.15) is 12.5 Å². The third-order valence-electron chi connectivity index (χ3n) is 4.27. The Kier molecular flexibility index (Phi) is 5.11. The van der Waals surface area contributed by atoms with Crippen molar-refractivity contribution in [2.24, 2.45) is 5.16 Å². The van der Waals surface area contributed by atoms with Gasteiger partial charge in [-0.25, -0.2) is 9.18 Å². The van der Waals surface area contributed by atoms with Crippen molar-refractivity contribution in [1.82, 2.24) is 9.47 Å². The summed E-state index contributed by atoms with van der Waals surface area (Å²) >= 11 is 0. The van der Waals surface area contributed by atoms with Gasteiger partial charge in [-0.05, 0) is 24.3 Å². The van der Waals surface area contributed by atoms with Gasteiger partial charge in [-0.15, -0.1) is 0 Å². The van der Waals surface area contributed by atoms with E-state index in [1.807, 2.05) is 0 Å². The van der Waals surface area contributed by atoms with E-state index in [2.05, 4.69) is 9.99 Å². The first-order chi connectivity index (χ1) is 12.9. The van der Waals surface area contributed by atoms with Gasteiger partial charge in [0.2, 0.25) is 5.91 Å². The number of hydrogen-bond acceptors (Lipinski definition) is 5. The molecule has 1 aromatic heterocycles. The molecule has 0 radical (unpaired) electrons. The molecule has 0 spiro atoms. The van der Waals surface area contributed by atoms with E-state index in [9.17, 15) is 14.0 Å². The minimum absolute atomic E-state index is 0.134. The number of benzene rings is 1. The Bertz CT molecular complexity index is 895. The lowest BCUT2D eigenvalue weighted by molar-refractivity contribution is -0.134. The molecule has 3 rings (SSSR count). The third kappa shape index (κ3) is 3.76. The third-order valence-corrected chi connectivity index (χ3v) is 4.27. The number of oxime groups is 1. The lowest BCUT2D eigenvalue weighted by Crippen LogP contribution is -2.38. The Morgan fingerprint density at radius 1 is 1.44 bits per heavy atom. The maximum absolute atomic E-state index is 14.6. The van der Waals surface area contributed by atoms with E-state index >= 15 is 0 Å². The molecule has 0 bridgehead atoms. The maximum atomic E-state index is 14.6. The number of ether oxygens (including phenoxy) is 1. The number of rotatable bonds is 5. The Balaban J connectivity index is 1.81. The van der Waals surface area contributed by atoms with Gasteiger partial charge in [0.15, 0.2) is 6.23 Å². The van der Waals surface area contributed by atoms with Crippen molar-refractivity contribution in [3.8, 4) is 5.69 Å². The lowest BCUT2D eigenvalue weighted by atomic mass is 10.2. The standard InChI is InChI=1S/C18H19FN4O4/c1-12(24)21(2)17-11-23(18(25)27-17)14-4-5-16(15(19)8-14)22-7-6-13(10-22)9-20-26-3/h4-10,17H,11H2,1-3H3. The second-order valence-corrected chi connectivity index (χ2v) is 5.98. The van der Waals surface area contributed by atoms with Crippen LogP contribution in [0.15, 0.2) is 41.8 Å². The molecule has 1 saturated heterocycles. The molecule has 1 aromatic carbocycles. The normalized spacial score (nSPS) is 16.7. The first-order valence-corrected chi connectivity index (χ1v) is 8.16. The fraction of sp³-hybridized carbons (Fsp3) is 0.278. The zero-order valence-electron chi connectivity index (χ0n) is 15.1. The zero-order valence-corrected chi connectivity index (χ0v) is 15.1. The largest absolute Gasteiger partial charge is 0.423 e. The molecule has 1 unspecified atom stereocenters. The van der Waals surface area contributed by atoms with Crippen LogP contribution in [0.25, 0.3) is 5.69 Å². The second-order valence-electron chi connectivity index (χ2n) is 5.98. The molecule has 9 heteroatoms. The average Bonchev–Trinajstić information content (AvgIpc) is 3.25. The number of amides is 2. The topological polar surface area (TPSA) is 76.4 Å². The van der Waals surface area contributed by atoms with E-state index in [1.165, 1.54) is 36.1 Å². The number of carbonyl (C=O) groups is 2. The highest BCUT2D eigenvalue weighted by molar-refractivity contribution is 5.90. The average molecular weight is 374 g/mol. The first-order valence-electron chi connectivity index (χ1n) is 8.16. The maximum Gasteiger partial charge on any atom is 0.416 e. The van der Waals surface area contributed by atoms with Crippen LogP contribution in [0.4, 0.5) is 14.9 Å². The molecular weight excluding hydrogens is 355 g/mol. The summed E-state index contributed by atoms with van der Waals surface area (Å²) in [5, 5.41) is 3.66. The Morgan fingerprint density at radius 3 is 2.89 bits per heavy atom. The predicted molar refractivity (Wildman–Crippen MR) is 96.4 cm³/mol. The van der Waals surface area contributed by atoms with Crippen LogP contribution >= 0.6 is 0 Å². The van der Waals surface area contributed by atoms with Crippen molar-refractivity contribution in [3.63, 3.8) is 0 Å². The Morgan fingerprint density at radius 2 is 2.22 bits per heavy atom. The summed E-state index contributed by atoms with van der Waals surface area (Å²) in [5.41, 5.74) is 1.42. The number of likely N-dealkylation sites (N-methyl/N-ethyl adjacent to an activating group) is 1. The van der Waals surface area contributed by atoms with Crippen LogP contribution in [0, 0.1) is 5.82 Å². The molecule has 0 N–H and O–H groups in total. The second kappa shape index (κ2) is 7.48. The molecular formula is C18H19FN4O4. The van der Waals surface area contributed by atoms with Crippen LogP contribution in [-0.4, -0.2) is 54.6 Å². The molecule has 0 aliphatic carbocycles. The molecule has 1 aliphatic rings. The molecule has 142 valence electrons. The van der Waals surface area contributed by atoms with Gasteiger partial charge >= 0.3 is 6.09 Å². The summed E-state index contributed by atoms with van der Waals surface area (Å²) in [6.45, 7) is 1.52. The van der Waals surface area contributed by atoms with E-state index in [-0.39, 0.29) is 12.5 Å². The predicted octanol–water partition coefficient (Wildman–Crippen LogP) is 2.36. The number of hydrogen-bond donors (Lipinski definition) is 0. The summed E-state index contributed by atoms with van der Waals surface area (Å²) in [6.07, 6.45) is 3.57. The van der Waals surface area contributed by atoms with Gasteiger partial charge in [-0.3, -0.25) is 9.69 Å². The fourth-order valence-electron chi connectivity index (χ4n) is 2.69. The first kappa shape index (κ1) is 18.4. The molecule has 2 amide bonds. The molecule has 1 atom stereocenters. The summed E-state index contributed by atoms with van der Waals surface area (Å²) in [4.78, 5) is 30.8. The van der Waals surface area contributed by atoms with Crippen molar-refractivity contribution >= 4 is 23.9 Å². The van der Waals surface area contributed by atoms with Crippen LogP contribution in [-0.2, 0) is 14.4 Å². The van der Waals surface area contributed by atoms with E-state index in [0.29, 0.717) is 11.4 Å². The van der Waals surface area contributed by atoms with E-state index in [1.54, 1.807) is 42.2 Å². The van der Waals surface area contributed by atoms with Crippen molar-refractivity contribution in [2.45, 2.75) is 13.2 Å². The molecule has 2 aromatic rings. The zero-order chi connectivity index (χ0) is 19.6. The number of carbonyl (C=O) groups excluding carboxylic acids is 2. The van der Waals surface area contributed by atoms with Gasteiger partial charge in [0.25, 0.3) is 0 Å². The minimum atomic E-state index is -0.704.